The minimum absolute atomic E-state index is 0.0448. The summed E-state index contributed by atoms with van der Waals surface area (Å²) in [7, 11) is 3.37. The van der Waals surface area contributed by atoms with Crippen molar-refractivity contribution in [2.45, 2.75) is 5.92 Å². The Bertz CT molecular complexity index is 1180. The summed E-state index contributed by atoms with van der Waals surface area (Å²) >= 11 is 0. The van der Waals surface area contributed by atoms with Crippen molar-refractivity contribution in [3.8, 4) is 0 Å². The Morgan fingerprint density at radius 3 is 2.47 bits per heavy atom. The largest absolute Gasteiger partial charge is 0.383 e. The van der Waals surface area contributed by atoms with Gasteiger partial charge in [0.2, 0.25) is 11.8 Å². The highest BCUT2D eigenvalue weighted by atomic mass is 16.5. The van der Waals surface area contributed by atoms with Crippen LogP contribution in [0.5, 0.6) is 0 Å². The number of aliphatic imine (C=N–C) groups is 1. The summed E-state index contributed by atoms with van der Waals surface area (Å²) in [5, 5.41) is 6.03. The molecule has 1 aliphatic rings. The number of methoxy groups -OCH3 is 1. The highest BCUT2D eigenvalue weighted by Gasteiger charge is 2.35. The lowest BCUT2D eigenvalue weighted by Crippen LogP contribution is -2.36. The smallest absolute Gasteiger partial charge is 0.240 e. The van der Waals surface area contributed by atoms with E-state index in [1.54, 1.807) is 19.1 Å². The van der Waals surface area contributed by atoms with Crippen LogP contribution >= 0.6 is 0 Å². The molecule has 1 atom stereocenters. The molecule has 0 aromatic heterocycles. The van der Waals surface area contributed by atoms with E-state index < -0.39 is 5.92 Å². The van der Waals surface area contributed by atoms with Gasteiger partial charge >= 0.3 is 0 Å². The molecule has 0 fully saturated rings. The normalized spacial score (nSPS) is 15.1. The zero-order valence-electron chi connectivity index (χ0n) is 19.3. The maximum atomic E-state index is 12.9. The van der Waals surface area contributed by atoms with Gasteiger partial charge in [0.25, 0.3) is 0 Å². The van der Waals surface area contributed by atoms with Crippen molar-refractivity contribution in [1.29, 1.82) is 0 Å². The molecule has 0 saturated heterocycles. The van der Waals surface area contributed by atoms with Gasteiger partial charge in [0, 0.05) is 32.1 Å². The first-order valence-corrected chi connectivity index (χ1v) is 11.2. The second kappa shape index (κ2) is 10.9. The van der Waals surface area contributed by atoms with Gasteiger partial charge in [0.15, 0.2) is 0 Å². The fourth-order valence-corrected chi connectivity index (χ4v) is 3.91. The SMILES string of the molecule is COCCNCC(=O)N(C)c1ccc(N=C(c2ccccc2)C2C(=O)Nc3ccccc32)cc1. The number of amides is 2. The molecule has 174 valence electrons. The Kier molecular flexibility index (Phi) is 7.47. The molecule has 3 aromatic rings. The second-order valence-electron chi connectivity index (χ2n) is 8.01. The topological polar surface area (TPSA) is 83.0 Å². The number of nitrogens with zero attached hydrogens (tertiary/aromatic N) is 2. The highest BCUT2D eigenvalue weighted by molar-refractivity contribution is 6.24. The Balaban J connectivity index is 1.60. The lowest BCUT2D eigenvalue weighted by atomic mass is 9.90. The van der Waals surface area contributed by atoms with Gasteiger partial charge in [-0.3, -0.25) is 14.6 Å². The van der Waals surface area contributed by atoms with Crippen LogP contribution in [0.25, 0.3) is 0 Å². The van der Waals surface area contributed by atoms with E-state index in [-0.39, 0.29) is 18.4 Å². The number of anilines is 2. The van der Waals surface area contributed by atoms with Crippen molar-refractivity contribution in [3.63, 3.8) is 0 Å². The second-order valence-corrected chi connectivity index (χ2v) is 8.01. The number of para-hydroxylation sites is 1. The maximum absolute atomic E-state index is 12.9. The van der Waals surface area contributed by atoms with Crippen molar-refractivity contribution in [3.05, 3.63) is 90.0 Å². The monoisotopic (exact) mass is 456 g/mol. The summed E-state index contributed by atoms with van der Waals surface area (Å²) in [4.78, 5) is 31.9. The summed E-state index contributed by atoms with van der Waals surface area (Å²) < 4.78 is 4.98. The van der Waals surface area contributed by atoms with E-state index in [1.807, 2.05) is 78.9 Å². The Morgan fingerprint density at radius 1 is 1.03 bits per heavy atom. The van der Waals surface area contributed by atoms with Gasteiger partial charge in [-0.2, -0.15) is 0 Å². The number of fused-ring (bicyclic) bond motifs is 1. The molecule has 1 aliphatic heterocycles. The van der Waals surface area contributed by atoms with Crippen LogP contribution in [0, 0.1) is 0 Å². The highest BCUT2D eigenvalue weighted by Crippen LogP contribution is 2.36. The average molecular weight is 457 g/mol. The number of likely N-dealkylation sites (N-methyl/N-ethyl adjacent to an activating group) is 1. The standard InChI is InChI=1S/C27H28N4O3/c1-31(24(32)18-28-16-17-34-2)21-14-12-20(13-15-21)29-26(19-8-4-3-5-9-19)25-22-10-6-7-11-23(22)30-27(25)33/h3-15,25,28H,16-18H2,1-2H3,(H,30,33). The van der Waals surface area contributed by atoms with Gasteiger partial charge in [0.1, 0.15) is 5.92 Å². The Hall–Kier alpha value is -3.81. The van der Waals surface area contributed by atoms with E-state index in [2.05, 4.69) is 10.6 Å². The van der Waals surface area contributed by atoms with Crippen molar-refractivity contribution < 1.29 is 14.3 Å². The zero-order chi connectivity index (χ0) is 23.9. The minimum atomic E-state index is -0.499. The number of hydrogen-bond acceptors (Lipinski definition) is 5. The molecule has 4 rings (SSSR count). The molecule has 7 nitrogen and oxygen atoms in total. The van der Waals surface area contributed by atoms with E-state index >= 15 is 0 Å². The number of rotatable bonds is 9. The van der Waals surface area contributed by atoms with Crippen LogP contribution in [-0.2, 0) is 14.3 Å². The first-order valence-electron chi connectivity index (χ1n) is 11.2. The van der Waals surface area contributed by atoms with E-state index in [9.17, 15) is 9.59 Å². The Labute approximate surface area is 199 Å². The first-order chi connectivity index (χ1) is 16.6. The van der Waals surface area contributed by atoms with Gasteiger partial charge in [-0.15, -0.1) is 0 Å². The summed E-state index contributed by atoms with van der Waals surface area (Å²) in [6, 6.07) is 24.9. The predicted molar refractivity (Wildman–Crippen MR) is 135 cm³/mol. The van der Waals surface area contributed by atoms with Gasteiger partial charge in [-0.25, -0.2) is 0 Å². The third-order valence-electron chi connectivity index (χ3n) is 5.75. The maximum Gasteiger partial charge on any atom is 0.240 e. The fraction of sp³-hybridized carbons (Fsp3) is 0.222. The van der Waals surface area contributed by atoms with Crippen LogP contribution in [0.3, 0.4) is 0 Å². The van der Waals surface area contributed by atoms with Gasteiger partial charge < -0.3 is 20.3 Å². The number of carbonyl (C=O) groups excluding carboxylic acids is 2. The summed E-state index contributed by atoms with van der Waals surface area (Å²) in [6.07, 6.45) is 0. The van der Waals surface area contributed by atoms with E-state index in [0.717, 1.165) is 22.5 Å². The molecule has 1 heterocycles. The number of hydrogen-bond donors (Lipinski definition) is 2. The Morgan fingerprint density at radius 2 is 1.74 bits per heavy atom. The van der Waals surface area contributed by atoms with Crippen LogP contribution < -0.4 is 15.5 Å². The molecule has 1 unspecified atom stereocenters. The predicted octanol–water partition coefficient (Wildman–Crippen LogP) is 3.74. The van der Waals surface area contributed by atoms with Crippen LogP contribution in [-0.4, -0.2) is 51.4 Å². The van der Waals surface area contributed by atoms with Crippen LogP contribution in [0.15, 0.2) is 83.9 Å². The van der Waals surface area contributed by atoms with E-state index in [4.69, 9.17) is 9.73 Å². The number of ether oxygens (including phenoxy) is 1. The van der Waals surface area contributed by atoms with E-state index in [0.29, 0.717) is 24.6 Å². The molecule has 0 radical (unpaired) electrons. The molecule has 2 N–H and O–H groups in total. The number of nitrogens with one attached hydrogen (secondary N) is 2. The molecular weight excluding hydrogens is 428 g/mol. The summed E-state index contributed by atoms with van der Waals surface area (Å²) in [5.41, 5.74) is 4.77. The molecular formula is C27H28N4O3. The fourth-order valence-electron chi connectivity index (χ4n) is 3.91. The lowest BCUT2D eigenvalue weighted by Gasteiger charge is -2.18. The molecule has 7 heteroatoms. The molecule has 2 amide bonds. The van der Waals surface area contributed by atoms with Gasteiger partial charge in [-0.05, 0) is 41.5 Å². The van der Waals surface area contributed by atoms with Crippen molar-refractivity contribution in [1.82, 2.24) is 5.32 Å². The molecule has 0 bridgehead atoms. The van der Waals surface area contributed by atoms with Crippen molar-refractivity contribution in [2.24, 2.45) is 4.99 Å². The van der Waals surface area contributed by atoms with E-state index in [1.165, 1.54) is 0 Å². The third-order valence-corrected chi connectivity index (χ3v) is 5.75. The van der Waals surface area contributed by atoms with Crippen LogP contribution in [0.1, 0.15) is 17.0 Å². The van der Waals surface area contributed by atoms with Crippen LogP contribution in [0.4, 0.5) is 17.1 Å². The third kappa shape index (κ3) is 5.22. The summed E-state index contributed by atoms with van der Waals surface area (Å²) in [6.45, 7) is 1.40. The molecule has 3 aromatic carbocycles. The molecule has 0 aliphatic carbocycles. The van der Waals surface area contributed by atoms with Crippen molar-refractivity contribution in [2.75, 3.05) is 44.1 Å². The first kappa shape index (κ1) is 23.4. The zero-order valence-corrected chi connectivity index (χ0v) is 19.3. The lowest BCUT2D eigenvalue weighted by molar-refractivity contribution is -0.117. The molecule has 0 saturated carbocycles. The quantitative estimate of drug-likeness (QED) is 0.380. The minimum Gasteiger partial charge on any atom is -0.383 e. The van der Waals surface area contributed by atoms with Gasteiger partial charge in [0.05, 0.1) is 24.6 Å². The van der Waals surface area contributed by atoms with Crippen LogP contribution in [0.2, 0.25) is 0 Å². The van der Waals surface area contributed by atoms with Gasteiger partial charge in [-0.1, -0.05) is 48.5 Å². The van der Waals surface area contributed by atoms with Crippen molar-refractivity contribution >= 4 is 34.6 Å². The summed E-state index contributed by atoms with van der Waals surface area (Å²) in [5.74, 6) is -0.635. The number of benzene rings is 3. The number of carbonyl (C=O) groups is 2. The molecule has 34 heavy (non-hydrogen) atoms. The molecule has 0 spiro atoms. The average Bonchev–Trinajstić information content (AvgIpc) is 3.21.